The highest BCUT2D eigenvalue weighted by Gasteiger charge is 2.42. The van der Waals surface area contributed by atoms with Crippen LogP contribution < -0.4 is 0 Å². The number of amides is 1. The fourth-order valence-corrected chi connectivity index (χ4v) is 1.89. The van der Waals surface area contributed by atoms with Gasteiger partial charge in [-0.15, -0.1) is 0 Å². The Morgan fingerprint density at radius 2 is 2.17 bits per heavy atom. The Morgan fingerprint density at radius 1 is 1.56 bits per heavy atom. The van der Waals surface area contributed by atoms with Crippen molar-refractivity contribution in [1.82, 2.24) is 5.06 Å². The summed E-state index contributed by atoms with van der Waals surface area (Å²) in [7, 11) is 1.07. The normalized spacial score (nSPS) is 23.5. The van der Waals surface area contributed by atoms with Gasteiger partial charge in [-0.2, -0.15) is 0 Å². The molecule has 1 rings (SSSR count). The molecule has 1 N–H and O–H groups in total. The third-order valence-corrected chi connectivity index (χ3v) is 2.81. The Bertz CT molecular complexity index is 394. The van der Waals surface area contributed by atoms with Crippen LogP contribution in [0.2, 0.25) is 0 Å². The highest BCUT2D eigenvalue weighted by atomic mass is 16.6. The van der Waals surface area contributed by atoms with Crippen molar-refractivity contribution < 1.29 is 24.5 Å². The average Bonchev–Trinajstić information content (AvgIpc) is 2.76. The Kier molecular flexibility index (Phi) is 4.38. The van der Waals surface area contributed by atoms with Gasteiger partial charge in [0, 0.05) is 11.8 Å². The molecule has 0 aliphatic heterocycles. The van der Waals surface area contributed by atoms with E-state index in [-0.39, 0.29) is 6.42 Å². The molecule has 0 fully saturated rings. The molecule has 3 atom stereocenters. The van der Waals surface area contributed by atoms with Gasteiger partial charge in [-0.3, -0.25) is 20.1 Å². The molecule has 0 bridgehead atoms. The first-order chi connectivity index (χ1) is 8.38. The minimum Gasteiger partial charge on any atom is -0.464 e. The van der Waals surface area contributed by atoms with E-state index in [4.69, 9.17) is 0 Å². The van der Waals surface area contributed by atoms with Crippen molar-refractivity contribution in [2.75, 3.05) is 7.11 Å². The molecule has 0 aromatic heterocycles. The molecular formula is C10H14N2O6. The van der Waals surface area contributed by atoms with Gasteiger partial charge in [-0.05, 0) is 6.42 Å². The molecule has 0 saturated heterocycles. The predicted molar refractivity (Wildman–Crippen MR) is 58.1 cm³/mol. The Balaban J connectivity index is 2.76. The molecule has 1 unspecified atom stereocenters. The monoisotopic (exact) mass is 258 g/mol. The minimum atomic E-state index is -1.52. The highest BCUT2D eigenvalue weighted by molar-refractivity contribution is 5.75. The van der Waals surface area contributed by atoms with Gasteiger partial charge in [0.1, 0.15) is 0 Å². The van der Waals surface area contributed by atoms with Crippen LogP contribution >= 0.6 is 0 Å². The van der Waals surface area contributed by atoms with Crippen molar-refractivity contribution in [3.8, 4) is 0 Å². The highest BCUT2D eigenvalue weighted by Crippen LogP contribution is 2.26. The number of esters is 1. The number of nitrogens with zero attached hydrogens (tertiary/aromatic N) is 2. The first-order valence-electron chi connectivity index (χ1n) is 5.26. The van der Waals surface area contributed by atoms with Gasteiger partial charge in [0.25, 0.3) is 0 Å². The summed E-state index contributed by atoms with van der Waals surface area (Å²) in [6.45, 7) is 1.17. The Hall–Kier alpha value is -1.96. The standard InChI is InChI=1S/C10H14N2O6/c1-6(13)11(15)8-4-3-7(5-8)9(12(16)17)10(14)18-2/h3-4,7-9,15H,5H2,1-2H3/t7-,8+,9?/m1/s1. The molecule has 0 spiro atoms. The van der Waals surface area contributed by atoms with E-state index in [1.165, 1.54) is 19.1 Å². The zero-order chi connectivity index (χ0) is 13.9. The van der Waals surface area contributed by atoms with E-state index in [0.717, 1.165) is 7.11 Å². The smallest absolute Gasteiger partial charge is 0.382 e. The minimum absolute atomic E-state index is 0.108. The molecule has 100 valence electrons. The number of rotatable bonds is 4. The molecule has 0 heterocycles. The summed E-state index contributed by atoms with van der Waals surface area (Å²) < 4.78 is 4.37. The number of hydrogen-bond acceptors (Lipinski definition) is 6. The molecule has 0 saturated carbocycles. The van der Waals surface area contributed by atoms with Gasteiger partial charge in [0.15, 0.2) is 0 Å². The molecular weight excluding hydrogens is 244 g/mol. The first-order valence-corrected chi connectivity index (χ1v) is 5.26. The van der Waals surface area contributed by atoms with E-state index < -0.39 is 34.8 Å². The van der Waals surface area contributed by atoms with Crippen LogP contribution in [0, 0.1) is 16.0 Å². The van der Waals surface area contributed by atoms with Crippen molar-refractivity contribution in [2.45, 2.75) is 25.4 Å². The molecule has 18 heavy (non-hydrogen) atoms. The third kappa shape index (κ3) is 2.83. The quantitative estimate of drug-likeness (QED) is 0.249. The second-order valence-corrected chi connectivity index (χ2v) is 3.97. The number of nitro groups is 1. The lowest BCUT2D eigenvalue weighted by molar-refractivity contribution is -0.517. The third-order valence-electron chi connectivity index (χ3n) is 2.81. The molecule has 0 aromatic rings. The SMILES string of the molecule is COC(=O)C([C@@H]1C=C[C@H](N(O)C(C)=O)C1)[N+](=O)[O-]. The van der Waals surface area contributed by atoms with Crippen molar-refractivity contribution in [2.24, 2.45) is 5.92 Å². The van der Waals surface area contributed by atoms with Gasteiger partial charge in [-0.1, -0.05) is 12.2 Å². The fraction of sp³-hybridized carbons (Fsp3) is 0.600. The maximum atomic E-state index is 11.3. The predicted octanol–water partition coefficient (Wildman–Crippen LogP) is -0.0129. The largest absolute Gasteiger partial charge is 0.464 e. The van der Waals surface area contributed by atoms with Gasteiger partial charge in [0.05, 0.1) is 19.1 Å². The van der Waals surface area contributed by atoms with Crippen LogP contribution in [0.4, 0.5) is 0 Å². The summed E-state index contributed by atoms with van der Waals surface area (Å²) in [5.41, 5.74) is 0. The van der Waals surface area contributed by atoms with Gasteiger partial charge < -0.3 is 4.74 Å². The molecule has 1 aliphatic rings. The van der Waals surface area contributed by atoms with E-state index in [1.807, 2.05) is 0 Å². The lowest BCUT2D eigenvalue weighted by Gasteiger charge is -2.20. The number of ether oxygens (including phenoxy) is 1. The van der Waals surface area contributed by atoms with E-state index >= 15 is 0 Å². The van der Waals surface area contributed by atoms with Crippen LogP contribution in [0.3, 0.4) is 0 Å². The van der Waals surface area contributed by atoms with Crippen molar-refractivity contribution >= 4 is 11.9 Å². The van der Waals surface area contributed by atoms with Gasteiger partial charge in [0.2, 0.25) is 5.91 Å². The van der Waals surface area contributed by atoms with E-state index in [0.29, 0.717) is 5.06 Å². The number of carbonyl (C=O) groups excluding carboxylic acids is 2. The molecule has 1 amide bonds. The van der Waals surface area contributed by atoms with Crippen LogP contribution in [0.1, 0.15) is 13.3 Å². The number of methoxy groups -OCH3 is 1. The number of hydroxylamine groups is 2. The molecule has 1 aliphatic carbocycles. The summed E-state index contributed by atoms with van der Waals surface area (Å²) in [6, 6.07) is -2.17. The first kappa shape index (κ1) is 14.1. The Labute approximate surface area is 103 Å². The molecule has 8 nitrogen and oxygen atoms in total. The number of carbonyl (C=O) groups is 2. The lowest BCUT2D eigenvalue weighted by atomic mass is 9.99. The van der Waals surface area contributed by atoms with Crippen LogP contribution in [-0.4, -0.2) is 46.3 Å². The fourth-order valence-electron chi connectivity index (χ4n) is 1.89. The van der Waals surface area contributed by atoms with E-state index in [2.05, 4.69) is 4.74 Å². The average molecular weight is 258 g/mol. The van der Waals surface area contributed by atoms with Gasteiger partial charge in [-0.25, -0.2) is 9.86 Å². The number of hydrogen-bond donors (Lipinski definition) is 1. The summed E-state index contributed by atoms with van der Waals surface area (Å²) in [5, 5.41) is 20.7. The second-order valence-electron chi connectivity index (χ2n) is 3.97. The Morgan fingerprint density at radius 3 is 2.61 bits per heavy atom. The van der Waals surface area contributed by atoms with Crippen molar-refractivity contribution in [3.63, 3.8) is 0 Å². The zero-order valence-corrected chi connectivity index (χ0v) is 9.98. The summed E-state index contributed by atoms with van der Waals surface area (Å²) in [4.78, 5) is 32.4. The summed E-state index contributed by atoms with van der Waals surface area (Å²) in [5.74, 6) is -2.21. The maximum Gasteiger partial charge on any atom is 0.382 e. The summed E-state index contributed by atoms with van der Waals surface area (Å²) >= 11 is 0. The zero-order valence-electron chi connectivity index (χ0n) is 9.98. The lowest BCUT2D eigenvalue weighted by Crippen LogP contribution is -2.39. The molecule has 0 aromatic carbocycles. The van der Waals surface area contributed by atoms with E-state index in [1.54, 1.807) is 0 Å². The van der Waals surface area contributed by atoms with Crippen molar-refractivity contribution in [3.05, 3.63) is 22.3 Å². The maximum absolute atomic E-state index is 11.3. The van der Waals surface area contributed by atoms with Gasteiger partial charge >= 0.3 is 12.0 Å². The van der Waals surface area contributed by atoms with Crippen molar-refractivity contribution in [1.29, 1.82) is 0 Å². The second kappa shape index (κ2) is 5.58. The van der Waals surface area contributed by atoms with Crippen LogP contribution in [0.5, 0.6) is 0 Å². The topological polar surface area (TPSA) is 110 Å². The summed E-state index contributed by atoms with van der Waals surface area (Å²) in [6.07, 6.45) is 3.02. The van der Waals surface area contributed by atoms with Crippen LogP contribution in [-0.2, 0) is 14.3 Å². The molecule has 0 radical (unpaired) electrons. The van der Waals surface area contributed by atoms with E-state index in [9.17, 15) is 24.9 Å². The molecule has 8 heteroatoms. The van der Waals surface area contributed by atoms with Crippen LogP contribution in [0.15, 0.2) is 12.2 Å². The van der Waals surface area contributed by atoms with Crippen LogP contribution in [0.25, 0.3) is 0 Å².